The molecule has 0 radical (unpaired) electrons. The van der Waals surface area contributed by atoms with E-state index in [1.165, 1.54) is 6.26 Å². The van der Waals surface area contributed by atoms with Crippen molar-refractivity contribution in [3.63, 3.8) is 0 Å². The van der Waals surface area contributed by atoms with E-state index in [1.54, 1.807) is 17.9 Å². The number of hydrogen-bond donors (Lipinski definition) is 1. The molecule has 2 rings (SSSR count). The minimum absolute atomic E-state index is 0.0900. The Balaban J connectivity index is 1.98. The minimum Gasteiger partial charge on any atom is -0.452 e. The first-order valence-electron chi connectivity index (χ1n) is 5.80. The van der Waals surface area contributed by atoms with Gasteiger partial charge in [-0.3, -0.25) is 4.79 Å². The van der Waals surface area contributed by atoms with Crippen LogP contribution >= 0.6 is 11.6 Å². The van der Waals surface area contributed by atoms with E-state index < -0.39 is 0 Å². The Kier molecular flexibility index (Phi) is 3.74. The molecule has 1 amide bonds. The van der Waals surface area contributed by atoms with Crippen LogP contribution in [-0.2, 0) is 0 Å². The van der Waals surface area contributed by atoms with Crippen molar-refractivity contribution < 1.29 is 14.3 Å². The van der Waals surface area contributed by atoms with Crippen LogP contribution < -0.4 is 0 Å². The Morgan fingerprint density at radius 2 is 2.24 bits per heavy atom. The van der Waals surface area contributed by atoms with Gasteiger partial charge in [-0.05, 0) is 43.4 Å². The van der Waals surface area contributed by atoms with Gasteiger partial charge in [-0.15, -0.1) is 0 Å². The summed E-state index contributed by atoms with van der Waals surface area (Å²) in [7, 11) is 0. The van der Waals surface area contributed by atoms with Crippen LogP contribution in [0, 0.1) is 5.92 Å². The molecule has 0 aromatic carbocycles. The number of amides is 1. The normalized spacial score (nSPS) is 19.4. The zero-order chi connectivity index (χ0) is 12.4. The van der Waals surface area contributed by atoms with Crippen LogP contribution in [-0.4, -0.2) is 35.1 Å². The summed E-state index contributed by atoms with van der Waals surface area (Å²) in [5.74, 6) is 0.201. The molecule has 1 aliphatic heterocycles. The number of carbonyl (C=O) groups excluding carboxylic acids is 1. The molecule has 1 N–H and O–H groups in total. The Hall–Kier alpha value is -1.00. The van der Waals surface area contributed by atoms with Crippen molar-refractivity contribution in [3.05, 3.63) is 23.1 Å². The third kappa shape index (κ3) is 2.64. The number of halogens is 1. The van der Waals surface area contributed by atoms with Gasteiger partial charge in [0.15, 0.2) is 0 Å². The van der Waals surface area contributed by atoms with Gasteiger partial charge in [0.05, 0.1) is 17.9 Å². The second-order valence-electron chi connectivity index (χ2n) is 4.48. The highest BCUT2D eigenvalue weighted by Crippen LogP contribution is 2.24. The van der Waals surface area contributed by atoms with Gasteiger partial charge >= 0.3 is 0 Å². The molecular formula is C12H16ClNO3. The fourth-order valence-corrected chi connectivity index (χ4v) is 2.40. The first-order valence-corrected chi connectivity index (χ1v) is 6.17. The number of carbonyl (C=O) groups is 1. The topological polar surface area (TPSA) is 53.7 Å². The Bertz CT molecular complexity index is 394. The summed E-state index contributed by atoms with van der Waals surface area (Å²) >= 11 is 5.78. The van der Waals surface area contributed by atoms with E-state index in [-0.39, 0.29) is 17.2 Å². The molecule has 1 saturated heterocycles. The molecular weight excluding hydrogens is 242 g/mol. The fraction of sp³-hybridized carbons (Fsp3) is 0.583. The van der Waals surface area contributed by atoms with Crippen LogP contribution in [0.15, 0.2) is 16.7 Å². The van der Waals surface area contributed by atoms with Crippen LogP contribution in [0.5, 0.6) is 0 Å². The lowest BCUT2D eigenvalue weighted by atomic mass is 9.92. The maximum absolute atomic E-state index is 12.1. The summed E-state index contributed by atoms with van der Waals surface area (Å²) < 4.78 is 4.91. The maximum Gasteiger partial charge on any atom is 0.258 e. The average molecular weight is 258 g/mol. The molecule has 4 nitrogen and oxygen atoms in total. The van der Waals surface area contributed by atoms with Gasteiger partial charge < -0.3 is 14.4 Å². The molecule has 2 heterocycles. The van der Waals surface area contributed by atoms with Gasteiger partial charge in [0.2, 0.25) is 5.22 Å². The number of nitrogens with zero attached hydrogens (tertiary/aromatic N) is 1. The van der Waals surface area contributed by atoms with Crippen molar-refractivity contribution in [2.24, 2.45) is 5.92 Å². The zero-order valence-corrected chi connectivity index (χ0v) is 10.5. The number of furan rings is 1. The first-order chi connectivity index (χ1) is 8.09. The van der Waals surface area contributed by atoms with E-state index in [4.69, 9.17) is 16.0 Å². The SMILES string of the molecule is CC(O)C1CCN(C(=O)c2ccoc2Cl)CC1. The van der Waals surface area contributed by atoms with Gasteiger partial charge in [0.1, 0.15) is 0 Å². The van der Waals surface area contributed by atoms with Crippen molar-refractivity contribution >= 4 is 17.5 Å². The van der Waals surface area contributed by atoms with Gasteiger partial charge in [-0.1, -0.05) is 0 Å². The molecule has 1 unspecified atom stereocenters. The highest BCUT2D eigenvalue weighted by atomic mass is 35.5. The molecule has 1 aromatic heterocycles. The third-order valence-corrected chi connectivity index (χ3v) is 3.65. The number of hydrogen-bond acceptors (Lipinski definition) is 3. The van der Waals surface area contributed by atoms with Crippen LogP contribution in [0.25, 0.3) is 0 Å². The van der Waals surface area contributed by atoms with Crippen LogP contribution in [0.2, 0.25) is 5.22 Å². The largest absolute Gasteiger partial charge is 0.452 e. The number of aliphatic hydroxyl groups is 1. The molecule has 0 saturated carbocycles. The molecule has 0 spiro atoms. The van der Waals surface area contributed by atoms with E-state index >= 15 is 0 Å². The van der Waals surface area contributed by atoms with Crippen molar-refractivity contribution in [1.29, 1.82) is 0 Å². The van der Waals surface area contributed by atoms with Crippen LogP contribution in [0.4, 0.5) is 0 Å². The number of aliphatic hydroxyl groups excluding tert-OH is 1. The fourth-order valence-electron chi connectivity index (χ4n) is 2.20. The first kappa shape index (κ1) is 12.5. The molecule has 5 heteroatoms. The van der Waals surface area contributed by atoms with Crippen molar-refractivity contribution in [3.8, 4) is 0 Å². The highest BCUT2D eigenvalue weighted by Gasteiger charge is 2.27. The van der Waals surface area contributed by atoms with Crippen LogP contribution in [0.3, 0.4) is 0 Å². The number of likely N-dealkylation sites (tertiary alicyclic amines) is 1. The van der Waals surface area contributed by atoms with Crippen LogP contribution in [0.1, 0.15) is 30.1 Å². The van der Waals surface area contributed by atoms with Crippen molar-refractivity contribution in [2.45, 2.75) is 25.9 Å². The molecule has 1 aromatic rings. The summed E-state index contributed by atoms with van der Waals surface area (Å²) in [6.07, 6.45) is 2.78. The van der Waals surface area contributed by atoms with Gasteiger partial charge in [-0.25, -0.2) is 0 Å². The number of rotatable bonds is 2. The van der Waals surface area contributed by atoms with Gasteiger partial charge in [-0.2, -0.15) is 0 Å². The predicted molar refractivity (Wildman–Crippen MR) is 64.0 cm³/mol. The van der Waals surface area contributed by atoms with E-state index in [9.17, 15) is 9.90 Å². The Morgan fingerprint density at radius 3 is 2.71 bits per heavy atom. The van der Waals surface area contributed by atoms with Gasteiger partial charge in [0.25, 0.3) is 5.91 Å². The summed E-state index contributed by atoms with van der Waals surface area (Å²) in [5.41, 5.74) is 0.419. The van der Waals surface area contributed by atoms with E-state index in [0.29, 0.717) is 24.6 Å². The van der Waals surface area contributed by atoms with E-state index in [2.05, 4.69) is 0 Å². The number of piperidine rings is 1. The zero-order valence-electron chi connectivity index (χ0n) is 9.73. The molecule has 0 aliphatic carbocycles. The Morgan fingerprint density at radius 1 is 1.59 bits per heavy atom. The lowest BCUT2D eigenvalue weighted by Crippen LogP contribution is -2.40. The summed E-state index contributed by atoms with van der Waals surface area (Å²) in [6.45, 7) is 3.13. The standard InChI is InChI=1S/C12H16ClNO3/c1-8(15)9-2-5-14(6-3-9)12(16)10-4-7-17-11(10)13/h4,7-9,15H,2-3,5-6H2,1H3. The average Bonchev–Trinajstić information content (AvgIpc) is 2.74. The monoisotopic (exact) mass is 257 g/mol. The maximum atomic E-state index is 12.1. The summed E-state index contributed by atoms with van der Waals surface area (Å²) in [5, 5.41) is 9.64. The van der Waals surface area contributed by atoms with Crippen molar-refractivity contribution in [2.75, 3.05) is 13.1 Å². The lowest BCUT2D eigenvalue weighted by molar-refractivity contribution is 0.0521. The second-order valence-corrected chi connectivity index (χ2v) is 4.82. The molecule has 94 valence electrons. The highest BCUT2D eigenvalue weighted by molar-refractivity contribution is 6.32. The Labute approximate surface area is 105 Å². The molecule has 17 heavy (non-hydrogen) atoms. The minimum atomic E-state index is -0.301. The van der Waals surface area contributed by atoms with E-state index in [1.807, 2.05) is 0 Å². The lowest BCUT2D eigenvalue weighted by Gasteiger charge is -2.33. The summed E-state index contributed by atoms with van der Waals surface area (Å²) in [6, 6.07) is 1.59. The smallest absolute Gasteiger partial charge is 0.258 e. The second kappa shape index (κ2) is 5.10. The summed E-state index contributed by atoms with van der Waals surface area (Å²) in [4.78, 5) is 13.8. The molecule has 1 aliphatic rings. The molecule has 0 bridgehead atoms. The van der Waals surface area contributed by atoms with Crippen molar-refractivity contribution in [1.82, 2.24) is 4.90 Å². The van der Waals surface area contributed by atoms with E-state index in [0.717, 1.165) is 12.8 Å². The van der Waals surface area contributed by atoms with Gasteiger partial charge in [0, 0.05) is 13.1 Å². The quantitative estimate of drug-likeness (QED) is 0.883. The third-order valence-electron chi connectivity index (χ3n) is 3.36. The molecule has 1 atom stereocenters. The molecule has 1 fully saturated rings. The predicted octanol–water partition coefficient (Wildman–Crippen LogP) is 2.17.